The van der Waals surface area contributed by atoms with Gasteiger partial charge in [0.25, 0.3) is 5.91 Å². The van der Waals surface area contributed by atoms with Crippen LogP contribution in [0.15, 0.2) is 60.8 Å². The average molecular weight is 474 g/mol. The second-order valence-corrected chi connectivity index (χ2v) is 7.05. The van der Waals surface area contributed by atoms with E-state index in [-0.39, 0.29) is 57.8 Å². The second-order valence-electron chi connectivity index (χ2n) is 7.05. The molecule has 1 aliphatic heterocycles. The molecule has 1 aliphatic rings. The molecule has 0 aliphatic carbocycles. The minimum Gasteiger partial charge on any atom is -0.872 e. The molecule has 0 bridgehead atoms. The van der Waals surface area contributed by atoms with Crippen LogP contribution in [-0.4, -0.2) is 5.91 Å². The molecule has 1 unspecified atom stereocenters. The minimum atomic E-state index is -2.11. The van der Waals surface area contributed by atoms with Crippen LogP contribution >= 0.6 is 0 Å². The van der Waals surface area contributed by atoms with Crippen LogP contribution in [0.1, 0.15) is 11.1 Å². The van der Waals surface area contributed by atoms with Crippen molar-refractivity contribution in [1.29, 1.82) is 5.26 Å². The Kier molecular flexibility index (Phi) is 7.12. The monoisotopic (exact) mass is 474 g/mol. The smallest absolute Gasteiger partial charge is 0.872 e. The Morgan fingerprint density at radius 1 is 1.15 bits per heavy atom. The Hall–Kier alpha value is -3.65. The summed E-state index contributed by atoms with van der Waals surface area (Å²) < 4.78 is 47.5. The summed E-state index contributed by atoms with van der Waals surface area (Å²) in [5.74, 6) is -4.50. The first-order chi connectivity index (χ1) is 15.7. The number of nitriles is 1. The van der Waals surface area contributed by atoms with Crippen molar-refractivity contribution in [1.82, 2.24) is 0 Å². The van der Waals surface area contributed by atoms with Crippen LogP contribution in [-0.2, 0) is 10.4 Å². The maximum atomic E-state index is 14.2. The number of para-hydroxylation sites is 1. The zero-order chi connectivity index (χ0) is 23.8. The van der Waals surface area contributed by atoms with Gasteiger partial charge in [0.05, 0.1) is 11.8 Å². The quantitative estimate of drug-likeness (QED) is 0.374. The summed E-state index contributed by atoms with van der Waals surface area (Å²) in [7, 11) is 0. The fourth-order valence-corrected chi connectivity index (χ4v) is 3.35. The summed E-state index contributed by atoms with van der Waals surface area (Å²) in [4.78, 5) is 13.5. The topological polar surface area (TPSA) is 123 Å². The number of hydrogen-bond acceptors (Lipinski definition) is 6. The maximum Gasteiger partial charge on any atom is 1.00 e. The van der Waals surface area contributed by atoms with Crippen molar-refractivity contribution < 1.29 is 57.4 Å². The van der Waals surface area contributed by atoms with E-state index in [1.165, 1.54) is 24.4 Å². The van der Waals surface area contributed by atoms with Gasteiger partial charge in [-0.2, -0.15) is 5.26 Å². The molecular weight excluding hydrogens is 460 g/mol. The van der Waals surface area contributed by atoms with E-state index in [1.54, 1.807) is 6.07 Å². The van der Waals surface area contributed by atoms with Crippen molar-refractivity contribution in [3.8, 4) is 17.6 Å². The van der Waals surface area contributed by atoms with Gasteiger partial charge in [-0.15, -0.1) is 0 Å². The SMILES string of the molecule is N#Cc1cc2c(cc1[O-])NC=CC2(Oc1cccc(F)c1N)C(=O)Nc1ccc(F)cc1F.[Na+]. The first-order valence-electron chi connectivity index (χ1n) is 9.44. The molecule has 0 saturated heterocycles. The molecule has 0 aromatic heterocycles. The number of hydrogen-bond donors (Lipinski definition) is 3. The molecule has 4 N–H and O–H groups in total. The number of amides is 1. The Morgan fingerprint density at radius 2 is 1.91 bits per heavy atom. The van der Waals surface area contributed by atoms with Crippen LogP contribution in [0.2, 0.25) is 0 Å². The normalized spacial score (nSPS) is 15.8. The molecule has 0 fully saturated rings. The van der Waals surface area contributed by atoms with E-state index in [9.17, 15) is 28.3 Å². The van der Waals surface area contributed by atoms with Gasteiger partial charge >= 0.3 is 29.6 Å². The predicted molar refractivity (Wildman–Crippen MR) is 111 cm³/mol. The molecule has 7 nitrogen and oxygen atoms in total. The molecule has 1 amide bonds. The van der Waals surface area contributed by atoms with Gasteiger partial charge in [-0.25, -0.2) is 13.2 Å². The van der Waals surface area contributed by atoms with Crippen molar-refractivity contribution in [2.24, 2.45) is 0 Å². The number of ether oxygens (including phenoxy) is 1. The summed E-state index contributed by atoms with van der Waals surface area (Å²) in [6.45, 7) is 0. The predicted octanol–water partition coefficient (Wildman–Crippen LogP) is 0.488. The number of anilines is 3. The maximum absolute atomic E-state index is 14.2. The molecule has 4 rings (SSSR count). The van der Waals surface area contributed by atoms with Gasteiger partial charge in [0.1, 0.15) is 28.9 Å². The summed E-state index contributed by atoms with van der Waals surface area (Å²) in [6, 6.07) is 10.2. The number of nitrogens with zero attached hydrogens (tertiary/aromatic N) is 1. The van der Waals surface area contributed by atoms with Crippen LogP contribution in [0.3, 0.4) is 0 Å². The molecule has 0 radical (unpaired) electrons. The van der Waals surface area contributed by atoms with E-state index in [0.29, 0.717) is 6.07 Å². The van der Waals surface area contributed by atoms with Crippen LogP contribution in [0.4, 0.5) is 30.2 Å². The summed E-state index contributed by atoms with van der Waals surface area (Å²) >= 11 is 0. The number of benzene rings is 3. The van der Waals surface area contributed by atoms with Gasteiger partial charge < -0.3 is 26.2 Å². The molecular formula is C23H14F3N4NaO3. The number of halogens is 3. The Labute approximate surface area is 213 Å². The van der Waals surface area contributed by atoms with Crippen LogP contribution in [0.5, 0.6) is 11.5 Å². The van der Waals surface area contributed by atoms with Crippen LogP contribution in [0, 0.1) is 28.8 Å². The van der Waals surface area contributed by atoms with Crippen molar-refractivity contribution in [3.05, 3.63) is 89.4 Å². The van der Waals surface area contributed by atoms with Gasteiger partial charge in [0.15, 0.2) is 0 Å². The number of carbonyl (C=O) groups is 1. The van der Waals surface area contributed by atoms with Gasteiger partial charge in [-0.3, -0.25) is 4.79 Å². The molecule has 0 spiro atoms. The largest absolute Gasteiger partial charge is 1.00 e. The molecule has 11 heteroatoms. The molecule has 166 valence electrons. The van der Waals surface area contributed by atoms with Gasteiger partial charge in [-0.1, -0.05) is 11.8 Å². The van der Waals surface area contributed by atoms with E-state index >= 15 is 0 Å². The Bertz CT molecular complexity index is 1360. The third-order valence-electron chi connectivity index (χ3n) is 5.00. The Morgan fingerprint density at radius 3 is 2.62 bits per heavy atom. The van der Waals surface area contributed by atoms with Crippen molar-refractivity contribution in [2.75, 3.05) is 16.4 Å². The number of nitrogens with one attached hydrogen (secondary N) is 2. The third kappa shape index (κ3) is 4.41. The van der Waals surface area contributed by atoms with E-state index in [0.717, 1.165) is 30.3 Å². The first-order valence-corrected chi connectivity index (χ1v) is 9.44. The molecule has 34 heavy (non-hydrogen) atoms. The first kappa shape index (κ1) is 25.0. The van der Waals surface area contributed by atoms with E-state index in [4.69, 9.17) is 10.5 Å². The summed E-state index contributed by atoms with van der Waals surface area (Å²) in [5.41, 5.74) is 2.78. The van der Waals surface area contributed by atoms with Gasteiger partial charge in [0.2, 0.25) is 5.60 Å². The fourth-order valence-electron chi connectivity index (χ4n) is 3.35. The van der Waals surface area contributed by atoms with Crippen LogP contribution in [0.25, 0.3) is 0 Å². The van der Waals surface area contributed by atoms with Crippen LogP contribution < -0.4 is 55.8 Å². The zero-order valence-electron chi connectivity index (χ0n) is 17.7. The molecule has 1 atom stereocenters. The molecule has 3 aromatic carbocycles. The van der Waals surface area contributed by atoms with Gasteiger partial charge in [0, 0.05) is 29.1 Å². The molecule has 3 aromatic rings. The van der Waals surface area contributed by atoms with E-state index in [1.807, 2.05) is 0 Å². The average Bonchev–Trinajstić information content (AvgIpc) is 2.78. The number of carbonyl (C=O) groups excluding carboxylic acids is 1. The zero-order valence-corrected chi connectivity index (χ0v) is 19.7. The van der Waals surface area contributed by atoms with E-state index < -0.39 is 40.4 Å². The minimum absolute atomic E-state index is 0. The number of nitrogen functional groups attached to an aromatic ring is 1. The number of nitrogens with two attached hydrogens (primary N) is 1. The fraction of sp³-hybridized carbons (Fsp3) is 0.0435. The van der Waals surface area contributed by atoms with Crippen molar-refractivity contribution >= 4 is 23.0 Å². The molecule has 1 heterocycles. The van der Waals surface area contributed by atoms with Crippen molar-refractivity contribution in [3.63, 3.8) is 0 Å². The van der Waals surface area contributed by atoms with Crippen molar-refractivity contribution in [2.45, 2.75) is 5.60 Å². The second kappa shape index (κ2) is 9.69. The summed E-state index contributed by atoms with van der Waals surface area (Å²) in [5, 5.41) is 26.6. The third-order valence-corrected chi connectivity index (χ3v) is 5.00. The standard InChI is InChI=1S/C23H15F3N4O3.Na/c24-13-4-5-17(16(26)9-13)30-22(32)23(33-20-3-1-2-15(25)21(20)28)6-7-29-18-10-19(31)12(11-27)8-14(18)23;/h1-10,29,31H,28H2,(H,30,32);/q;+1/p-1. The van der Waals surface area contributed by atoms with Gasteiger partial charge in [-0.05, 0) is 42.5 Å². The Balaban J connectivity index is 0.00000324. The molecule has 0 saturated carbocycles. The van der Waals surface area contributed by atoms with E-state index in [2.05, 4.69) is 10.6 Å². The summed E-state index contributed by atoms with van der Waals surface area (Å²) in [6.07, 6.45) is 2.53. The number of fused-ring (bicyclic) bond motifs is 1. The number of rotatable bonds is 4.